The van der Waals surface area contributed by atoms with Crippen LogP contribution in [-0.4, -0.2) is 5.97 Å². The van der Waals surface area contributed by atoms with E-state index in [0.717, 1.165) is 11.1 Å². The van der Waals surface area contributed by atoms with Crippen molar-refractivity contribution in [3.63, 3.8) is 0 Å². The van der Waals surface area contributed by atoms with E-state index in [-0.39, 0.29) is 11.4 Å². The van der Waals surface area contributed by atoms with E-state index in [1.807, 2.05) is 39.0 Å². The third kappa shape index (κ3) is 8.02. The zero-order chi connectivity index (χ0) is 17.9. The monoisotopic (exact) mass is 306 g/mol. The van der Waals surface area contributed by atoms with Crippen LogP contribution in [0.1, 0.15) is 72.9 Å². The summed E-state index contributed by atoms with van der Waals surface area (Å²) in [4.78, 5) is 11.6. The van der Waals surface area contributed by atoms with Crippen LogP contribution >= 0.6 is 0 Å². The van der Waals surface area contributed by atoms with Gasteiger partial charge in [0.05, 0.1) is 0 Å². The van der Waals surface area contributed by atoms with Crippen LogP contribution in [0.15, 0.2) is 30.4 Å². The number of carbonyl (C=O) groups excluding carboxylic acids is 1. The number of esters is 1. The molecule has 0 aliphatic heterocycles. The molecule has 0 N–H and O–H groups in total. The van der Waals surface area contributed by atoms with Crippen LogP contribution in [0.25, 0.3) is 0 Å². The molecule has 0 saturated carbocycles. The average molecular weight is 306 g/mol. The molecule has 1 aromatic carbocycles. The van der Waals surface area contributed by atoms with Crippen molar-refractivity contribution in [3.8, 4) is 5.75 Å². The number of carbonyl (C=O) groups is 1. The zero-order valence-electron chi connectivity index (χ0n) is 16.0. The van der Waals surface area contributed by atoms with Crippen LogP contribution < -0.4 is 4.74 Å². The van der Waals surface area contributed by atoms with Gasteiger partial charge >= 0.3 is 5.97 Å². The molecule has 0 aliphatic carbocycles. The number of benzene rings is 1. The molecule has 126 valence electrons. The van der Waals surface area contributed by atoms with Gasteiger partial charge in [0.25, 0.3) is 0 Å². The molecule has 0 unspecified atom stereocenters. The van der Waals surface area contributed by atoms with Gasteiger partial charge in [0, 0.05) is 11.1 Å². The maximum atomic E-state index is 11.6. The maximum Gasteiger partial charge on any atom is 0.338 e. The molecule has 0 aromatic heterocycles. The molecule has 2 nitrogen and oxygen atoms in total. The molecule has 0 aliphatic rings. The highest BCUT2D eigenvalue weighted by Crippen LogP contribution is 2.34. The van der Waals surface area contributed by atoms with E-state index in [1.54, 1.807) is 6.92 Å². The number of aryl methyl sites for hydroxylation is 1. The average Bonchev–Trinajstić information content (AvgIpc) is 2.42. The molecule has 0 heterocycles. The Kier molecular flexibility index (Phi) is 11.4. The van der Waals surface area contributed by atoms with Crippen molar-refractivity contribution in [2.45, 2.75) is 74.1 Å². The van der Waals surface area contributed by atoms with Crippen molar-refractivity contribution in [2.24, 2.45) is 0 Å². The van der Waals surface area contributed by atoms with E-state index in [1.165, 1.54) is 6.42 Å². The summed E-state index contributed by atoms with van der Waals surface area (Å²) >= 11 is 0. The summed E-state index contributed by atoms with van der Waals surface area (Å²) in [5, 5.41) is 0. The van der Waals surface area contributed by atoms with Gasteiger partial charge in [-0.25, -0.2) is 4.79 Å². The second kappa shape index (κ2) is 11.1. The molecule has 1 aromatic rings. The van der Waals surface area contributed by atoms with Gasteiger partial charge in [0.1, 0.15) is 5.75 Å². The maximum absolute atomic E-state index is 11.6. The molecule has 2 heteroatoms. The minimum Gasteiger partial charge on any atom is -0.423 e. The van der Waals surface area contributed by atoms with Crippen LogP contribution in [0, 0.1) is 6.92 Å². The molecular weight excluding hydrogens is 272 g/mol. The fourth-order valence-corrected chi connectivity index (χ4v) is 1.56. The van der Waals surface area contributed by atoms with Crippen LogP contribution in [0.3, 0.4) is 0 Å². The van der Waals surface area contributed by atoms with Crippen molar-refractivity contribution in [3.05, 3.63) is 41.5 Å². The molecular formula is C20H34O2. The van der Waals surface area contributed by atoms with Gasteiger partial charge in [-0.05, 0) is 24.8 Å². The second-order valence-corrected chi connectivity index (χ2v) is 6.08. The summed E-state index contributed by atoms with van der Waals surface area (Å²) < 4.78 is 5.43. The molecule has 0 fully saturated rings. The fraction of sp³-hybridized carbons (Fsp3) is 0.550. The van der Waals surface area contributed by atoms with Gasteiger partial charge in [0.2, 0.25) is 0 Å². The highest BCUT2D eigenvalue weighted by molar-refractivity contribution is 5.89. The smallest absolute Gasteiger partial charge is 0.338 e. The van der Waals surface area contributed by atoms with Crippen LogP contribution in [0.5, 0.6) is 5.75 Å². The van der Waals surface area contributed by atoms with E-state index in [0.29, 0.717) is 11.3 Å². The largest absolute Gasteiger partial charge is 0.423 e. The number of hydrogen-bond acceptors (Lipinski definition) is 2. The van der Waals surface area contributed by atoms with E-state index in [9.17, 15) is 4.79 Å². The number of ether oxygens (including phenoxy) is 1. The Balaban J connectivity index is 0. The lowest BCUT2D eigenvalue weighted by molar-refractivity contribution is -0.130. The molecule has 0 atom stereocenters. The SMILES string of the molecule is C=C(C)C(=O)Oc1c(C)cccc1C(C)(C)C.CC.CCC. The lowest BCUT2D eigenvalue weighted by Crippen LogP contribution is -2.17. The first kappa shape index (κ1) is 22.7. The minimum absolute atomic E-state index is 0.0588. The third-order valence-electron chi connectivity index (χ3n) is 2.56. The minimum atomic E-state index is -0.371. The van der Waals surface area contributed by atoms with Crippen molar-refractivity contribution in [1.29, 1.82) is 0 Å². The summed E-state index contributed by atoms with van der Waals surface area (Å²) in [5.74, 6) is 0.290. The van der Waals surface area contributed by atoms with Gasteiger partial charge < -0.3 is 4.74 Å². The Hall–Kier alpha value is -1.57. The molecule has 0 radical (unpaired) electrons. The Morgan fingerprint density at radius 2 is 1.64 bits per heavy atom. The Labute approximate surface area is 137 Å². The summed E-state index contributed by atoms with van der Waals surface area (Å²) in [6.45, 7) is 21.7. The van der Waals surface area contributed by atoms with E-state index < -0.39 is 0 Å². The van der Waals surface area contributed by atoms with Crippen molar-refractivity contribution >= 4 is 5.97 Å². The molecule has 0 amide bonds. The van der Waals surface area contributed by atoms with E-state index in [2.05, 4.69) is 41.2 Å². The normalized spacial score (nSPS) is 9.68. The first-order valence-electron chi connectivity index (χ1n) is 8.12. The standard InChI is InChI=1S/C15H20O2.C3H8.C2H6/c1-10(2)14(16)17-13-11(3)8-7-9-12(13)15(4,5)6;1-3-2;1-2/h7-9H,1H2,2-6H3;3H2,1-2H3;1-2H3. The second-order valence-electron chi connectivity index (χ2n) is 6.08. The quantitative estimate of drug-likeness (QED) is 0.368. The Morgan fingerprint density at radius 1 is 1.18 bits per heavy atom. The Morgan fingerprint density at radius 3 is 2.00 bits per heavy atom. The van der Waals surface area contributed by atoms with Crippen molar-refractivity contribution < 1.29 is 9.53 Å². The van der Waals surface area contributed by atoms with Crippen LogP contribution in [0.4, 0.5) is 0 Å². The molecule has 1 rings (SSSR count). The predicted octanol–water partition coefficient (Wildman–Crippen LogP) is 6.22. The highest BCUT2D eigenvalue weighted by Gasteiger charge is 2.21. The van der Waals surface area contributed by atoms with Gasteiger partial charge in [-0.15, -0.1) is 0 Å². The van der Waals surface area contributed by atoms with Crippen molar-refractivity contribution in [2.75, 3.05) is 0 Å². The topological polar surface area (TPSA) is 26.3 Å². The summed E-state index contributed by atoms with van der Waals surface area (Å²) in [7, 11) is 0. The fourth-order valence-electron chi connectivity index (χ4n) is 1.56. The molecule has 0 spiro atoms. The highest BCUT2D eigenvalue weighted by atomic mass is 16.5. The summed E-state index contributed by atoms with van der Waals surface area (Å²) in [6.07, 6.45) is 1.25. The molecule has 22 heavy (non-hydrogen) atoms. The van der Waals surface area contributed by atoms with Gasteiger partial charge in [-0.1, -0.05) is 79.7 Å². The molecule has 0 saturated heterocycles. The van der Waals surface area contributed by atoms with Gasteiger partial charge in [-0.2, -0.15) is 0 Å². The van der Waals surface area contributed by atoms with Crippen LogP contribution in [0.2, 0.25) is 0 Å². The number of para-hydroxylation sites is 1. The summed E-state index contributed by atoms with van der Waals surface area (Å²) in [5.41, 5.74) is 2.35. The lowest BCUT2D eigenvalue weighted by atomic mass is 9.85. The number of rotatable bonds is 2. The first-order valence-corrected chi connectivity index (χ1v) is 8.12. The van der Waals surface area contributed by atoms with Crippen molar-refractivity contribution in [1.82, 2.24) is 0 Å². The lowest BCUT2D eigenvalue weighted by Gasteiger charge is -2.23. The summed E-state index contributed by atoms with van der Waals surface area (Å²) in [6, 6.07) is 5.92. The molecule has 0 bridgehead atoms. The van der Waals surface area contributed by atoms with Gasteiger partial charge in [0.15, 0.2) is 0 Å². The predicted molar refractivity (Wildman–Crippen MR) is 97.6 cm³/mol. The van der Waals surface area contributed by atoms with Gasteiger partial charge in [-0.3, -0.25) is 0 Å². The Bertz CT molecular complexity index is 465. The zero-order valence-corrected chi connectivity index (χ0v) is 16.0. The number of hydrogen-bond donors (Lipinski definition) is 0. The van der Waals surface area contributed by atoms with Crippen LogP contribution in [-0.2, 0) is 10.2 Å². The third-order valence-corrected chi connectivity index (χ3v) is 2.56. The first-order chi connectivity index (χ1) is 10.1. The van der Waals surface area contributed by atoms with E-state index >= 15 is 0 Å². The van der Waals surface area contributed by atoms with E-state index in [4.69, 9.17) is 4.74 Å².